The van der Waals surface area contributed by atoms with Crippen molar-refractivity contribution in [3.63, 3.8) is 0 Å². The first-order chi connectivity index (χ1) is 8.16. The maximum Gasteiger partial charge on any atom is 0.123 e. The first-order valence-corrected chi connectivity index (χ1v) is 5.56. The summed E-state index contributed by atoms with van der Waals surface area (Å²) in [5.74, 6) is -0.276. The van der Waals surface area contributed by atoms with Gasteiger partial charge in [-0.3, -0.25) is 0 Å². The van der Waals surface area contributed by atoms with Crippen molar-refractivity contribution in [3.05, 3.63) is 78.5 Å². The van der Waals surface area contributed by atoms with Crippen molar-refractivity contribution in [3.8, 4) is 0 Å². The van der Waals surface area contributed by atoms with Crippen LogP contribution in [0.1, 0.15) is 17.5 Å². The van der Waals surface area contributed by atoms with E-state index < -0.39 is 5.54 Å². The Kier molecular flexibility index (Phi) is 3.25. The first kappa shape index (κ1) is 11.8. The lowest BCUT2D eigenvalue weighted by molar-refractivity contribution is 0.536. The summed E-state index contributed by atoms with van der Waals surface area (Å²) in [4.78, 5) is 0. The van der Waals surface area contributed by atoms with Gasteiger partial charge in [-0.2, -0.15) is 0 Å². The fourth-order valence-corrected chi connectivity index (χ4v) is 1.96. The second-order valence-electron chi connectivity index (χ2n) is 4.10. The van der Waals surface area contributed by atoms with E-state index in [1.807, 2.05) is 36.4 Å². The minimum absolute atomic E-state index is 0.276. The highest BCUT2D eigenvalue weighted by Crippen LogP contribution is 2.30. The van der Waals surface area contributed by atoms with Crippen LogP contribution in [0.3, 0.4) is 0 Å². The molecule has 0 heterocycles. The third-order valence-electron chi connectivity index (χ3n) is 3.02. The van der Waals surface area contributed by atoms with E-state index in [0.717, 1.165) is 11.1 Å². The summed E-state index contributed by atoms with van der Waals surface area (Å²) >= 11 is 0. The van der Waals surface area contributed by atoms with Crippen LogP contribution in [0.15, 0.2) is 54.6 Å². The topological polar surface area (TPSA) is 26.0 Å². The fraction of sp³-hybridized carbons (Fsp3) is 0.133. The van der Waals surface area contributed by atoms with Gasteiger partial charge in [0.15, 0.2) is 0 Å². The Morgan fingerprint density at radius 3 is 2.24 bits per heavy atom. The molecule has 0 amide bonds. The molecule has 0 aliphatic rings. The minimum atomic E-state index is -0.733. The van der Waals surface area contributed by atoms with Gasteiger partial charge in [0.25, 0.3) is 0 Å². The second-order valence-corrected chi connectivity index (χ2v) is 4.10. The Hall–Kier alpha value is -1.67. The van der Waals surface area contributed by atoms with Gasteiger partial charge in [-0.05, 0) is 29.7 Å². The predicted octanol–water partition coefficient (Wildman–Crippen LogP) is 3.25. The maximum atomic E-state index is 13.3. The molecule has 1 unspecified atom stereocenters. The van der Waals surface area contributed by atoms with Gasteiger partial charge in [0.05, 0.1) is 5.54 Å². The maximum absolute atomic E-state index is 13.3. The van der Waals surface area contributed by atoms with Crippen molar-refractivity contribution in [2.24, 2.45) is 5.73 Å². The van der Waals surface area contributed by atoms with E-state index in [0.29, 0.717) is 6.42 Å². The van der Waals surface area contributed by atoms with Gasteiger partial charge in [0, 0.05) is 0 Å². The van der Waals surface area contributed by atoms with E-state index >= 15 is 0 Å². The van der Waals surface area contributed by atoms with Crippen molar-refractivity contribution in [2.45, 2.75) is 12.0 Å². The van der Waals surface area contributed by atoms with E-state index in [-0.39, 0.29) is 5.82 Å². The summed E-state index contributed by atoms with van der Waals surface area (Å²) in [5.41, 5.74) is 7.34. The average molecular weight is 228 g/mol. The molecule has 0 aliphatic heterocycles. The third-order valence-corrected chi connectivity index (χ3v) is 3.02. The summed E-state index contributed by atoms with van der Waals surface area (Å²) in [6, 6.07) is 16.0. The van der Waals surface area contributed by atoms with Crippen LogP contribution in [0.5, 0.6) is 0 Å². The highest BCUT2D eigenvalue weighted by atomic mass is 19.1. The lowest BCUT2D eigenvalue weighted by Crippen LogP contribution is -2.37. The molecule has 1 radical (unpaired) electrons. The zero-order valence-electron chi connectivity index (χ0n) is 9.57. The van der Waals surface area contributed by atoms with Gasteiger partial charge in [0.1, 0.15) is 5.82 Å². The van der Waals surface area contributed by atoms with Crippen LogP contribution in [-0.4, -0.2) is 0 Å². The average Bonchev–Trinajstić information content (AvgIpc) is 2.39. The molecule has 1 atom stereocenters. The Morgan fingerprint density at radius 2 is 1.65 bits per heavy atom. The van der Waals surface area contributed by atoms with Crippen LogP contribution in [0.4, 0.5) is 4.39 Å². The van der Waals surface area contributed by atoms with Crippen LogP contribution >= 0.6 is 0 Å². The molecule has 2 N–H and O–H groups in total. The zero-order valence-corrected chi connectivity index (χ0v) is 9.57. The standard InChI is InChI=1S/C15H15FN/c1-2-15(17,12-7-4-3-5-8-12)13-9-6-10-14(16)11-13/h3-11H,1-2,17H2. The van der Waals surface area contributed by atoms with Crippen LogP contribution in [0, 0.1) is 12.7 Å². The largest absolute Gasteiger partial charge is 0.318 e. The molecule has 87 valence electrons. The minimum Gasteiger partial charge on any atom is -0.318 e. The predicted molar refractivity (Wildman–Crippen MR) is 67.8 cm³/mol. The quantitative estimate of drug-likeness (QED) is 0.857. The van der Waals surface area contributed by atoms with Crippen molar-refractivity contribution in [2.75, 3.05) is 0 Å². The SMILES string of the molecule is [CH2]CC(N)(c1ccccc1)c1cccc(F)c1. The lowest BCUT2D eigenvalue weighted by atomic mass is 9.82. The van der Waals surface area contributed by atoms with Gasteiger partial charge in [-0.15, -0.1) is 0 Å². The van der Waals surface area contributed by atoms with E-state index in [4.69, 9.17) is 5.73 Å². The molecule has 0 bridgehead atoms. The van der Waals surface area contributed by atoms with Crippen molar-refractivity contribution < 1.29 is 4.39 Å². The van der Waals surface area contributed by atoms with E-state index in [9.17, 15) is 4.39 Å². The lowest BCUT2D eigenvalue weighted by Gasteiger charge is -2.29. The Morgan fingerprint density at radius 1 is 1.00 bits per heavy atom. The molecule has 2 heteroatoms. The highest BCUT2D eigenvalue weighted by molar-refractivity contribution is 5.38. The summed E-state index contributed by atoms with van der Waals surface area (Å²) < 4.78 is 13.3. The van der Waals surface area contributed by atoms with E-state index in [1.165, 1.54) is 12.1 Å². The molecule has 0 saturated heterocycles. The van der Waals surface area contributed by atoms with Crippen molar-refractivity contribution in [1.29, 1.82) is 0 Å². The van der Waals surface area contributed by atoms with E-state index in [2.05, 4.69) is 6.92 Å². The van der Waals surface area contributed by atoms with Gasteiger partial charge in [0.2, 0.25) is 0 Å². The van der Waals surface area contributed by atoms with Crippen LogP contribution in [0.25, 0.3) is 0 Å². The molecule has 2 aromatic carbocycles. The molecular formula is C15H15FN. The fourth-order valence-electron chi connectivity index (χ4n) is 1.96. The molecule has 0 fully saturated rings. The molecule has 0 spiro atoms. The molecule has 1 nitrogen and oxygen atoms in total. The summed E-state index contributed by atoms with van der Waals surface area (Å²) in [6.45, 7) is 3.89. The van der Waals surface area contributed by atoms with Crippen molar-refractivity contribution in [1.82, 2.24) is 0 Å². The second kappa shape index (κ2) is 4.68. The van der Waals surface area contributed by atoms with Crippen LogP contribution < -0.4 is 5.73 Å². The number of halogens is 1. The van der Waals surface area contributed by atoms with Crippen molar-refractivity contribution >= 4 is 0 Å². The first-order valence-electron chi connectivity index (χ1n) is 5.56. The third kappa shape index (κ3) is 2.22. The Bertz CT molecular complexity index is 495. The highest BCUT2D eigenvalue weighted by Gasteiger charge is 2.27. The molecule has 17 heavy (non-hydrogen) atoms. The van der Waals surface area contributed by atoms with Gasteiger partial charge in [-0.25, -0.2) is 4.39 Å². The monoisotopic (exact) mass is 228 g/mol. The summed E-state index contributed by atoms with van der Waals surface area (Å²) in [7, 11) is 0. The molecule has 2 rings (SSSR count). The summed E-state index contributed by atoms with van der Waals surface area (Å²) in [5, 5.41) is 0. The number of hydrogen-bond acceptors (Lipinski definition) is 1. The number of benzene rings is 2. The normalized spacial score (nSPS) is 14.3. The number of hydrogen-bond donors (Lipinski definition) is 1. The zero-order chi connectivity index (χ0) is 12.3. The molecule has 0 aromatic heterocycles. The Labute approximate surface area is 101 Å². The van der Waals surface area contributed by atoms with Gasteiger partial charge < -0.3 is 5.73 Å². The van der Waals surface area contributed by atoms with Gasteiger partial charge >= 0.3 is 0 Å². The summed E-state index contributed by atoms with van der Waals surface area (Å²) in [6.07, 6.45) is 0.473. The molecule has 2 aromatic rings. The number of nitrogens with two attached hydrogens (primary N) is 1. The van der Waals surface area contributed by atoms with Gasteiger partial charge in [-0.1, -0.05) is 49.4 Å². The molecular weight excluding hydrogens is 213 g/mol. The molecule has 0 saturated carbocycles. The van der Waals surface area contributed by atoms with Crippen LogP contribution in [-0.2, 0) is 5.54 Å². The number of rotatable bonds is 3. The smallest absolute Gasteiger partial charge is 0.123 e. The van der Waals surface area contributed by atoms with Crippen LogP contribution in [0.2, 0.25) is 0 Å². The Balaban J connectivity index is 2.52. The molecule has 0 aliphatic carbocycles. The van der Waals surface area contributed by atoms with E-state index in [1.54, 1.807) is 6.07 Å².